The molecule has 0 aromatic heterocycles. The van der Waals surface area contributed by atoms with Crippen molar-refractivity contribution < 1.29 is 9.53 Å². The van der Waals surface area contributed by atoms with Gasteiger partial charge < -0.3 is 10.5 Å². The van der Waals surface area contributed by atoms with E-state index in [4.69, 9.17) is 16.9 Å². The van der Waals surface area contributed by atoms with Crippen molar-refractivity contribution in [3.05, 3.63) is 23.8 Å². The second-order valence-electron chi connectivity index (χ2n) is 4.92. The maximum atomic E-state index is 12.4. The summed E-state index contributed by atoms with van der Waals surface area (Å²) in [6.45, 7) is 4.57. The number of hydrogen-bond acceptors (Lipinski definition) is 3. The Morgan fingerprint density at radius 3 is 2.84 bits per heavy atom. The molecule has 1 aromatic carbocycles. The summed E-state index contributed by atoms with van der Waals surface area (Å²) in [6, 6.07) is 5.62. The standard InChI is InChI=1S/C15H18N2O2/c1-4-7-17-12-8-11(9-16)5-6-13(12)19-14(10(2)3)15(17)18/h1,5-6,8,10,14H,7,9,16H2,2-3H3. The third-order valence-corrected chi connectivity index (χ3v) is 3.17. The van der Waals surface area contributed by atoms with Crippen molar-refractivity contribution in [1.29, 1.82) is 0 Å². The van der Waals surface area contributed by atoms with Crippen molar-refractivity contribution in [3.63, 3.8) is 0 Å². The van der Waals surface area contributed by atoms with E-state index in [1.807, 2.05) is 32.0 Å². The SMILES string of the molecule is C#CCN1C(=O)C(C(C)C)Oc2ccc(CN)cc21. The Kier molecular flexibility index (Phi) is 3.77. The molecule has 0 radical (unpaired) electrons. The number of nitrogens with two attached hydrogens (primary N) is 1. The number of fused-ring (bicyclic) bond motifs is 1. The molecule has 0 aliphatic carbocycles. The van der Waals surface area contributed by atoms with Crippen LogP contribution in [0.2, 0.25) is 0 Å². The molecule has 1 aliphatic rings. The van der Waals surface area contributed by atoms with Gasteiger partial charge >= 0.3 is 0 Å². The third kappa shape index (κ3) is 2.42. The van der Waals surface area contributed by atoms with Gasteiger partial charge in [-0.2, -0.15) is 0 Å². The number of hydrogen-bond donors (Lipinski definition) is 1. The number of nitrogens with zero attached hydrogens (tertiary/aromatic N) is 1. The van der Waals surface area contributed by atoms with Crippen molar-refractivity contribution in [2.75, 3.05) is 11.4 Å². The number of terminal acetylenes is 1. The molecule has 2 N–H and O–H groups in total. The molecule has 4 heteroatoms. The van der Waals surface area contributed by atoms with E-state index < -0.39 is 6.10 Å². The molecule has 100 valence electrons. The van der Waals surface area contributed by atoms with Crippen molar-refractivity contribution in [3.8, 4) is 18.1 Å². The summed E-state index contributed by atoms with van der Waals surface area (Å²) in [5.74, 6) is 3.21. The predicted octanol–water partition coefficient (Wildman–Crippen LogP) is 1.53. The first-order valence-electron chi connectivity index (χ1n) is 6.33. The summed E-state index contributed by atoms with van der Waals surface area (Å²) < 4.78 is 5.78. The average molecular weight is 258 g/mol. The largest absolute Gasteiger partial charge is 0.478 e. The minimum absolute atomic E-state index is 0.0883. The molecule has 0 fully saturated rings. The summed E-state index contributed by atoms with van der Waals surface area (Å²) in [5, 5.41) is 0. The van der Waals surface area contributed by atoms with Crippen LogP contribution in [0.3, 0.4) is 0 Å². The van der Waals surface area contributed by atoms with E-state index in [0.29, 0.717) is 18.0 Å². The molecule has 1 amide bonds. The molecular weight excluding hydrogens is 240 g/mol. The number of anilines is 1. The van der Waals surface area contributed by atoms with Crippen LogP contribution in [0.15, 0.2) is 18.2 Å². The molecule has 0 bridgehead atoms. The first kappa shape index (κ1) is 13.4. The molecular formula is C15H18N2O2. The van der Waals surface area contributed by atoms with Crippen LogP contribution >= 0.6 is 0 Å². The first-order valence-corrected chi connectivity index (χ1v) is 6.33. The van der Waals surface area contributed by atoms with Crippen molar-refractivity contribution >= 4 is 11.6 Å². The first-order chi connectivity index (χ1) is 9.08. The minimum Gasteiger partial charge on any atom is -0.478 e. The van der Waals surface area contributed by atoms with Crippen LogP contribution in [-0.4, -0.2) is 18.6 Å². The lowest BCUT2D eigenvalue weighted by atomic mass is 10.0. The highest BCUT2D eigenvalue weighted by Gasteiger charge is 2.35. The number of rotatable bonds is 3. The minimum atomic E-state index is -0.482. The average Bonchev–Trinajstić information content (AvgIpc) is 2.40. The van der Waals surface area contributed by atoms with Crippen LogP contribution in [0.1, 0.15) is 19.4 Å². The van der Waals surface area contributed by atoms with Crippen molar-refractivity contribution in [2.24, 2.45) is 11.7 Å². The molecule has 1 unspecified atom stereocenters. The van der Waals surface area contributed by atoms with Gasteiger partial charge in [0.05, 0.1) is 12.2 Å². The molecule has 1 heterocycles. The molecule has 4 nitrogen and oxygen atoms in total. The third-order valence-electron chi connectivity index (χ3n) is 3.17. The van der Waals surface area contributed by atoms with E-state index in [9.17, 15) is 4.79 Å². The van der Waals surface area contributed by atoms with Gasteiger partial charge in [-0.3, -0.25) is 9.69 Å². The van der Waals surface area contributed by atoms with Gasteiger partial charge in [-0.05, 0) is 23.6 Å². The van der Waals surface area contributed by atoms with Gasteiger partial charge in [0.15, 0.2) is 6.10 Å². The fourth-order valence-corrected chi connectivity index (χ4v) is 2.14. The molecule has 19 heavy (non-hydrogen) atoms. The molecule has 1 aromatic rings. The lowest BCUT2D eigenvalue weighted by Gasteiger charge is -2.35. The van der Waals surface area contributed by atoms with E-state index in [-0.39, 0.29) is 18.4 Å². The van der Waals surface area contributed by atoms with E-state index in [0.717, 1.165) is 5.56 Å². The van der Waals surface area contributed by atoms with Gasteiger partial charge in [0.1, 0.15) is 5.75 Å². The van der Waals surface area contributed by atoms with Crippen LogP contribution in [0.25, 0.3) is 0 Å². The molecule has 0 spiro atoms. The summed E-state index contributed by atoms with van der Waals surface area (Å²) in [6.07, 6.45) is 4.88. The normalized spacial score (nSPS) is 17.9. The van der Waals surface area contributed by atoms with E-state index in [2.05, 4.69) is 5.92 Å². The number of benzene rings is 1. The van der Waals surface area contributed by atoms with Crippen LogP contribution in [0, 0.1) is 18.3 Å². The lowest BCUT2D eigenvalue weighted by molar-refractivity contribution is -0.128. The van der Waals surface area contributed by atoms with E-state index >= 15 is 0 Å². The predicted molar refractivity (Wildman–Crippen MR) is 74.8 cm³/mol. The van der Waals surface area contributed by atoms with Gasteiger partial charge in [0, 0.05) is 6.54 Å². The highest BCUT2D eigenvalue weighted by molar-refractivity contribution is 6.00. The fraction of sp³-hybridized carbons (Fsp3) is 0.400. The zero-order valence-electron chi connectivity index (χ0n) is 11.2. The Hall–Kier alpha value is -1.99. The Balaban J connectivity index is 2.47. The van der Waals surface area contributed by atoms with E-state index in [1.54, 1.807) is 4.90 Å². The number of carbonyl (C=O) groups excluding carboxylic acids is 1. The topological polar surface area (TPSA) is 55.6 Å². The zero-order chi connectivity index (χ0) is 14.0. The highest BCUT2D eigenvalue weighted by Crippen LogP contribution is 2.36. The Morgan fingerprint density at radius 2 is 2.26 bits per heavy atom. The summed E-state index contributed by atoms with van der Waals surface area (Å²) in [7, 11) is 0. The molecule has 1 aliphatic heterocycles. The maximum absolute atomic E-state index is 12.4. The van der Waals surface area contributed by atoms with Crippen LogP contribution in [-0.2, 0) is 11.3 Å². The number of ether oxygens (including phenoxy) is 1. The summed E-state index contributed by atoms with van der Waals surface area (Å²) >= 11 is 0. The van der Waals surface area contributed by atoms with Crippen LogP contribution in [0.4, 0.5) is 5.69 Å². The zero-order valence-corrected chi connectivity index (χ0v) is 11.2. The van der Waals surface area contributed by atoms with Crippen molar-refractivity contribution in [2.45, 2.75) is 26.5 Å². The van der Waals surface area contributed by atoms with Crippen LogP contribution < -0.4 is 15.4 Å². The smallest absolute Gasteiger partial charge is 0.269 e. The second-order valence-corrected chi connectivity index (χ2v) is 4.92. The Morgan fingerprint density at radius 1 is 1.53 bits per heavy atom. The molecule has 2 rings (SSSR count). The highest BCUT2D eigenvalue weighted by atomic mass is 16.5. The second kappa shape index (κ2) is 5.33. The van der Waals surface area contributed by atoms with Gasteiger partial charge in [-0.1, -0.05) is 25.8 Å². The molecule has 0 saturated heterocycles. The Labute approximate surface area is 113 Å². The van der Waals surface area contributed by atoms with Gasteiger partial charge in [0.2, 0.25) is 0 Å². The fourth-order valence-electron chi connectivity index (χ4n) is 2.14. The summed E-state index contributed by atoms with van der Waals surface area (Å²) in [4.78, 5) is 14.0. The summed E-state index contributed by atoms with van der Waals surface area (Å²) in [5.41, 5.74) is 7.28. The van der Waals surface area contributed by atoms with Gasteiger partial charge in [-0.15, -0.1) is 6.42 Å². The van der Waals surface area contributed by atoms with E-state index in [1.165, 1.54) is 0 Å². The number of carbonyl (C=O) groups is 1. The quantitative estimate of drug-likeness (QED) is 0.836. The van der Waals surface area contributed by atoms with Gasteiger partial charge in [-0.25, -0.2) is 0 Å². The van der Waals surface area contributed by atoms with Crippen molar-refractivity contribution in [1.82, 2.24) is 0 Å². The van der Waals surface area contributed by atoms with Gasteiger partial charge in [0.25, 0.3) is 5.91 Å². The van der Waals surface area contributed by atoms with Crippen LogP contribution in [0.5, 0.6) is 5.75 Å². The monoisotopic (exact) mass is 258 g/mol. The Bertz CT molecular complexity index is 531. The molecule has 1 atom stereocenters. The lowest BCUT2D eigenvalue weighted by Crippen LogP contribution is -2.48. The maximum Gasteiger partial charge on any atom is 0.269 e. The molecule has 0 saturated carbocycles. The number of amides is 1.